The highest BCUT2D eigenvalue weighted by molar-refractivity contribution is 7.99. The Hall–Kier alpha value is -3.33. The summed E-state index contributed by atoms with van der Waals surface area (Å²) in [5.74, 6) is 0.451. The Kier molecular flexibility index (Phi) is 7.98. The number of carbonyl (C=O) groups excluding carboxylic acids is 1. The highest BCUT2D eigenvalue weighted by Gasteiger charge is 2.34. The standard InChI is InChI=1S/C30H28ClN3O3S2/c1-5-33(6-2)29(36)26-19(4)32-30-34(27(26)20-9-11-21(31)12-10-20)28(35)24(39-30)17-22-13-16-25(37-22)38-23-14-7-18(3)8-15-23/h7-17,27H,5-6H2,1-4H3/b24-17+/t27-/m0/s1. The average molecular weight is 578 g/mol. The molecule has 0 saturated carbocycles. The Morgan fingerprint density at radius 3 is 2.44 bits per heavy atom. The molecule has 3 heterocycles. The highest BCUT2D eigenvalue weighted by atomic mass is 35.5. The van der Waals surface area contributed by atoms with Crippen molar-refractivity contribution in [3.8, 4) is 0 Å². The number of likely N-dealkylation sites (N-methyl/N-ethyl adjacent to an activating group) is 1. The van der Waals surface area contributed by atoms with Crippen LogP contribution in [0, 0.1) is 6.92 Å². The maximum Gasteiger partial charge on any atom is 0.271 e. The molecule has 1 aliphatic rings. The van der Waals surface area contributed by atoms with Gasteiger partial charge in [0, 0.05) is 29.1 Å². The lowest BCUT2D eigenvalue weighted by Gasteiger charge is -2.29. The number of fused-ring (bicyclic) bond motifs is 1. The zero-order valence-corrected chi connectivity index (χ0v) is 24.5. The average Bonchev–Trinajstić information content (AvgIpc) is 3.49. The first-order chi connectivity index (χ1) is 18.8. The number of hydrogen-bond acceptors (Lipinski definition) is 6. The topological polar surface area (TPSA) is 67.8 Å². The molecule has 0 spiro atoms. The lowest BCUT2D eigenvalue weighted by molar-refractivity contribution is -0.127. The van der Waals surface area contributed by atoms with E-state index in [1.54, 1.807) is 27.7 Å². The monoisotopic (exact) mass is 577 g/mol. The summed E-state index contributed by atoms with van der Waals surface area (Å²) >= 11 is 8.98. The second kappa shape index (κ2) is 11.4. The first-order valence-electron chi connectivity index (χ1n) is 12.7. The van der Waals surface area contributed by atoms with Gasteiger partial charge in [-0.2, -0.15) is 0 Å². The summed E-state index contributed by atoms with van der Waals surface area (Å²) in [7, 11) is 0. The molecule has 4 aromatic rings. The van der Waals surface area contributed by atoms with Crippen molar-refractivity contribution in [3.63, 3.8) is 0 Å². The first kappa shape index (κ1) is 27.2. The van der Waals surface area contributed by atoms with Gasteiger partial charge in [0.2, 0.25) is 0 Å². The fourth-order valence-electron chi connectivity index (χ4n) is 4.56. The molecule has 200 valence electrons. The summed E-state index contributed by atoms with van der Waals surface area (Å²) < 4.78 is 8.13. The summed E-state index contributed by atoms with van der Waals surface area (Å²) in [4.78, 5) is 35.6. The summed E-state index contributed by atoms with van der Waals surface area (Å²) in [6, 6.07) is 18.6. The normalized spacial score (nSPS) is 15.3. The van der Waals surface area contributed by atoms with Crippen LogP contribution in [0.25, 0.3) is 6.08 Å². The van der Waals surface area contributed by atoms with Crippen molar-refractivity contribution in [2.75, 3.05) is 13.1 Å². The van der Waals surface area contributed by atoms with Crippen LogP contribution in [0.4, 0.5) is 0 Å². The van der Waals surface area contributed by atoms with E-state index in [4.69, 9.17) is 21.0 Å². The van der Waals surface area contributed by atoms with Gasteiger partial charge >= 0.3 is 0 Å². The molecule has 0 fully saturated rings. The van der Waals surface area contributed by atoms with E-state index in [1.165, 1.54) is 28.7 Å². The van der Waals surface area contributed by atoms with Crippen LogP contribution in [0.3, 0.4) is 0 Å². The Balaban J connectivity index is 1.58. The molecule has 9 heteroatoms. The molecule has 0 unspecified atom stereocenters. The molecule has 0 saturated heterocycles. The fraction of sp³-hybridized carbons (Fsp3) is 0.233. The number of amides is 1. The first-order valence-corrected chi connectivity index (χ1v) is 14.7. The number of thiazole rings is 1. The molecule has 2 aromatic carbocycles. The molecule has 0 radical (unpaired) electrons. The summed E-state index contributed by atoms with van der Waals surface area (Å²) in [6.07, 6.45) is 1.74. The molecular weight excluding hydrogens is 550 g/mol. The van der Waals surface area contributed by atoms with Gasteiger partial charge in [-0.3, -0.25) is 14.2 Å². The second-order valence-electron chi connectivity index (χ2n) is 9.18. The van der Waals surface area contributed by atoms with Crippen molar-refractivity contribution in [2.45, 2.75) is 43.7 Å². The van der Waals surface area contributed by atoms with Crippen molar-refractivity contribution in [3.05, 3.63) is 114 Å². The zero-order chi connectivity index (χ0) is 27.7. The van der Waals surface area contributed by atoms with E-state index >= 15 is 0 Å². The lowest BCUT2D eigenvalue weighted by atomic mass is 9.94. The van der Waals surface area contributed by atoms with E-state index in [0.717, 1.165) is 15.6 Å². The fourth-order valence-corrected chi connectivity index (χ4v) is 6.49. The summed E-state index contributed by atoms with van der Waals surface area (Å²) in [6.45, 7) is 8.89. The van der Waals surface area contributed by atoms with Crippen molar-refractivity contribution in [2.24, 2.45) is 4.99 Å². The van der Waals surface area contributed by atoms with Gasteiger partial charge in [0.05, 0.1) is 21.8 Å². The summed E-state index contributed by atoms with van der Waals surface area (Å²) in [5.41, 5.74) is 2.87. The number of furan rings is 1. The molecule has 1 aliphatic heterocycles. The molecule has 1 atom stereocenters. The smallest absolute Gasteiger partial charge is 0.271 e. The number of aryl methyl sites for hydroxylation is 1. The van der Waals surface area contributed by atoms with Crippen LogP contribution >= 0.6 is 34.7 Å². The number of hydrogen-bond donors (Lipinski definition) is 0. The Morgan fingerprint density at radius 1 is 1.08 bits per heavy atom. The Labute approximate surface area is 240 Å². The van der Waals surface area contributed by atoms with Crippen LogP contribution < -0.4 is 14.9 Å². The van der Waals surface area contributed by atoms with Gasteiger partial charge in [0.15, 0.2) is 9.89 Å². The number of halogens is 1. The van der Waals surface area contributed by atoms with E-state index in [9.17, 15) is 9.59 Å². The molecule has 5 rings (SSSR count). The number of allylic oxidation sites excluding steroid dienone is 1. The maximum atomic E-state index is 13.8. The molecular formula is C30H28ClN3O3S2. The SMILES string of the molecule is CCN(CC)C(=O)C1=C(C)N=c2s/c(=C/c3ccc(Sc4ccc(C)cc4)o3)c(=O)n2[C@H]1c1ccc(Cl)cc1. The third kappa shape index (κ3) is 5.55. The van der Waals surface area contributed by atoms with Gasteiger partial charge < -0.3 is 9.32 Å². The maximum absolute atomic E-state index is 13.8. The van der Waals surface area contributed by atoms with Crippen LogP contribution in [-0.4, -0.2) is 28.5 Å². The molecule has 39 heavy (non-hydrogen) atoms. The van der Waals surface area contributed by atoms with Crippen molar-refractivity contribution < 1.29 is 9.21 Å². The van der Waals surface area contributed by atoms with Gasteiger partial charge in [-0.1, -0.05) is 64.5 Å². The number of rotatable bonds is 7. The van der Waals surface area contributed by atoms with E-state index < -0.39 is 6.04 Å². The Bertz CT molecular complexity index is 1730. The van der Waals surface area contributed by atoms with Gasteiger partial charge in [-0.15, -0.1) is 0 Å². The third-order valence-corrected chi connectivity index (χ3v) is 8.77. The van der Waals surface area contributed by atoms with Crippen LogP contribution in [0.15, 0.2) is 96.1 Å². The third-order valence-electron chi connectivity index (χ3n) is 6.60. The van der Waals surface area contributed by atoms with Gasteiger partial charge in [0.25, 0.3) is 11.5 Å². The van der Waals surface area contributed by atoms with Crippen LogP contribution in [0.1, 0.15) is 43.7 Å². The van der Waals surface area contributed by atoms with E-state index in [1.807, 2.05) is 45.0 Å². The predicted octanol–water partition coefficient (Wildman–Crippen LogP) is 5.81. The number of nitrogens with zero attached hydrogens (tertiary/aromatic N) is 3. The molecule has 0 bridgehead atoms. The molecule has 0 N–H and O–H groups in total. The molecule has 6 nitrogen and oxygen atoms in total. The van der Waals surface area contributed by atoms with Gasteiger partial charge in [-0.25, -0.2) is 4.99 Å². The van der Waals surface area contributed by atoms with Gasteiger partial charge in [0.1, 0.15) is 5.76 Å². The number of aromatic nitrogens is 1. The van der Waals surface area contributed by atoms with Crippen LogP contribution in [0.2, 0.25) is 5.02 Å². The number of benzene rings is 2. The second-order valence-corrected chi connectivity index (χ2v) is 11.7. The highest BCUT2D eigenvalue weighted by Crippen LogP contribution is 2.32. The van der Waals surface area contributed by atoms with Crippen molar-refractivity contribution in [1.82, 2.24) is 9.47 Å². The minimum absolute atomic E-state index is 0.126. The van der Waals surface area contributed by atoms with Crippen LogP contribution in [0.5, 0.6) is 0 Å². The number of carbonyl (C=O) groups is 1. The van der Waals surface area contributed by atoms with Gasteiger partial charge in [-0.05, 0) is 69.7 Å². The van der Waals surface area contributed by atoms with E-state index in [0.29, 0.717) is 44.5 Å². The minimum atomic E-state index is -0.613. The zero-order valence-electron chi connectivity index (χ0n) is 22.1. The van der Waals surface area contributed by atoms with E-state index in [-0.39, 0.29) is 11.5 Å². The molecule has 2 aromatic heterocycles. The van der Waals surface area contributed by atoms with Crippen molar-refractivity contribution in [1.29, 1.82) is 0 Å². The Morgan fingerprint density at radius 2 is 1.77 bits per heavy atom. The summed E-state index contributed by atoms with van der Waals surface area (Å²) in [5, 5.41) is 1.32. The van der Waals surface area contributed by atoms with Crippen molar-refractivity contribution >= 4 is 46.7 Å². The largest absolute Gasteiger partial charge is 0.450 e. The lowest BCUT2D eigenvalue weighted by Crippen LogP contribution is -2.43. The van der Waals surface area contributed by atoms with Crippen LogP contribution in [-0.2, 0) is 4.79 Å². The predicted molar refractivity (Wildman–Crippen MR) is 157 cm³/mol. The molecule has 1 amide bonds. The molecule has 0 aliphatic carbocycles. The minimum Gasteiger partial charge on any atom is -0.450 e. The van der Waals surface area contributed by atoms with E-state index in [2.05, 4.69) is 31.2 Å². The quantitative estimate of drug-likeness (QED) is 0.278.